The second-order valence-electron chi connectivity index (χ2n) is 5.95. The smallest absolute Gasteiger partial charge is 0.185 e. The Balaban J connectivity index is 1.99. The van der Waals surface area contributed by atoms with Crippen molar-refractivity contribution in [2.75, 3.05) is 31.7 Å². The van der Waals surface area contributed by atoms with Crippen molar-refractivity contribution in [3.8, 4) is 0 Å². The van der Waals surface area contributed by atoms with Gasteiger partial charge in [0.1, 0.15) is 0 Å². The van der Waals surface area contributed by atoms with Crippen molar-refractivity contribution in [1.82, 2.24) is 10.3 Å². The molecule has 0 aliphatic carbocycles. The van der Waals surface area contributed by atoms with Gasteiger partial charge in [0.2, 0.25) is 0 Å². The van der Waals surface area contributed by atoms with E-state index in [1.165, 1.54) is 28.5 Å². The lowest BCUT2D eigenvalue weighted by atomic mass is 9.99. The van der Waals surface area contributed by atoms with Gasteiger partial charge in [0, 0.05) is 37.7 Å². The molecule has 0 bridgehead atoms. The maximum absolute atomic E-state index is 5.31. The highest BCUT2D eigenvalue weighted by Gasteiger charge is 2.22. The summed E-state index contributed by atoms with van der Waals surface area (Å²) in [6.07, 6.45) is 2.52. The average molecular weight is 297 g/mol. The number of hydrogen-bond donors (Lipinski definition) is 1. The molecule has 1 aliphatic rings. The van der Waals surface area contributed by atoms with Crippen LogP contribution in [0, 0.1) is 12.8 Å². The molecule has 2 rings (SSSR count). The normalized spacial score (nSPS) is 19.9. The first kappa shape index (κ1) is 15.7. The van der Waals surface area contributed by atoms with Gasteiger partial charge in [0.05, 0.1) is 12.3 Å². The minimum Gasteiger partial charge on any atom is -0.384 e. The highest BCUT2D eigenvalue weighted by Crippen LogP contribution is 2.29. The predicted molar refractivity (Wildman–Crippen MR) is 85.6 cm³/mol. The molecule has 1 aromatic heterocycles. The predicted octanol–water partition coefficient (Wildman–Crippen LogP) is 2.81. The van der Waals surface area contributed by atoms with Gasteiger partial charge in [0.25, 0.3) is 0 Å². The van der Waals surface area contributed by atoms with E-state index >= 15 is 0 Å². The second kappa shape index (κ2) is 7.38. The van der Waals surface area contributed by atoms with Crippen LogP contribution in [0.25, 0.3) is 0 Å². The Hall–Kier alpha value is -0.650. The zero-order valence-corrected chi connectivity index (χ0v) is 13.9. The number of thiazole rings is 1. The Morgan fingerprint density at radius 1 is 1.50 bits per heavy atom. The maximum Gasteiger partial charge on any atom is 0.185 e. The SMILES string of the molecule is COCC1CCCN(c2nc(C)c(CNC(C)C)s2)C1. The highest BCUT2D eigenvalue weighted by atomic mass is 32.1. The van der Waals surface area contributed by atoms with Crippen LogP contribution < -0.4 is 10.2 Å². The number of anilines is 1. The first-order valence-corrected chi connectivity index (χ1v) is 8.35. The minimum atomic E-state index is 0.515. The van der Waals surface area contributed by atoms with Crippen molar-refractivity contribution in [3.63, 3.8) is 0 Å². The third-order valence-corrected chi connectivity index (χ3v) is 4.96. The van der Waals surface area contributed by atoms with Crippen LogP contribution in [0.1, 0.15) is 37.3 Å². The number of nitrogens with one attached hydrogen (secondary N) is 1. The molecule has 1 unspecified atom stereocenters. The molecule has 1 saturated heterocycles. The summed E-state index contributed by atoms with van der Waals surface area (Å²) in [6, 6.07) is 0.515. The van der Waals surface area contributed by atoms with E-state index in [4.69, 9.17) is 9.72 Å². The fourth-order valence-corrected chi connectivity index (χ4v) is 3.67. The van der Waals surface area contributed by atoms with Gasteiger partial charge in [-0.3, -0.25) is 0 Å². The maximum atomic E-state index is 5.31. The van der Waals surface area contributed by atoms with Crippen molar-refractivity contribution in [2.45, 2.75) is 46.2 Å². The molecule has 5 heteroatoms. The molecular formula is C15H27N3OS. The number of hydrogen-bond acceptors (Lipinski definition) is 5. The zero-order valence-electron chi connectivity index (χ0n) is 13.1. The summed E-state index contributed by atoms with van der Waals surface area (Å²) in [5.74, 6) is 0.648. The standard InChI is InChI=1S/C15H27N3OS/c1-11(2)16-8-14-12(3)17-15(20-14)18-7-5-6-13(9-18)10-19-4/h11,13,16H,5-10H2,1-4H3. The molecule has 114 valence electrons. The Morgan fingerprint density at radius 2 is 2.30 bits per heavy atom. The third kappa shape index (κ3) is 4.17. The highest BCUT2D eigenvalue weighted by molar-refractivity contribution is 7.15. The molecule has 4 nitrogen and oxygen atoms in total. The molecule has 0 aromatic carbocycles. The van der Waals surface area contributed by atoms with Gasteiger partial charge >= 0.3 is 0 Å². The van der Waals surface area contributed by atoms with E-state index < -0.39 is 0 Å². The van der Waals surface area contributed by atoms with E-state index in [-0.39, 0.29) is 0 Å². The van der Waals surface area contributed by atoms with Gasteiger partial charge < -0.3 is 15.0 Å². The second-order valence-corrected chi connectivity index (χ2v) is 7.01. The molecule has 0 spiro atoms. The summed E-state index contributed by atoms with van der Waals surface area (Å²) >= 11 is 1.84. The number of rotatable bonds is 6. The Kier molecular flexibility index (Phi) is 5.81. The van der Waals surface area contributed by atoms with Crippen molar-refractivity contribution in [2.24, 2.45) is 5.92 Å². The third-order valence-electron chi connectivity index (χ3n) is 3.74. The van der Waals surface area contributed by atoms with Crippen LogP contribution in [0.2, 0.25) is 0 Å². The van der Waals surface area contributed by atoms with Crippen LogP contribution in [0.5, 0.6) is 0 Å². The van der Waals surface area contributed by atoms with Crippen LogP contribution >= 0.6 is 11.3 Å². The summed E-state index contributed by atoms with van der Waals surface area (Å²) in [5.41, 5.74) is 1.17. The number of aromatic nitrogens is 1. The summed E-state index contributed by atoms with van der Waals surface area (Å²) in [7, 11) is 1.79. The van der Waals surface area contributed by atoms with Crippen LogP contribution in [-0.4, -0.2) is 37.8 Å². The fourth-order valence-electron chi connectivity index (χ4n) is 2.62. The molecule has 20 heavy (non-hydrogen) atoms. The molecule has 1 atom stereocenters. The lowest BCUT2D eigenvalue weighted by Crippen LogP contribution is -2.37. The molecule has 0 amide bonds. The molecule has 1 aromatic rings. The van der Waals surface area contributed by atoms with Gasteiger partial charge in [0.15, 0.2) is 5.13 Å². The van der Waals surface area contributed by atoms with Gasteiger partial charge in [-0.1, -0.05) is 13.8 Å². The van der Waals surface area contributed by atoms with Crippen LogP contribution in [-0.2, 0) is 11.3 Å². The quantitative estimate of drug-likeness (QED) is 0.876. The molecular weight excluding hydrogens is 270 g/mol. The Bertz CT molecular complexity index is 417. The van der Waals surface area contributed by atoms with Gasteiger partial charge in [-0.25, -0.2) is 4.98 Å². The van der Waals surface area contributed by atoms with E-state index in [1.54, 1.807) is 7.11 Å². The molecule has 1 N–H and O–H groups in total. The minimum absolute atomic E-state index is 0.515. The van der Waals surface area contributed by atoms with E-state index in [1.807, 2.05) is 11.3 Å². The molecule has 0 radical (unpaired) electrons. The summed E-state index contributed by atoms with van der Waals surface area (Å²) in [5, 5.41) is 4.66. The summed E-state index contributed by atoms with van der Waals surface area (Å²) < 4.78 is 5.31. The van der Waals surface area contributed by atoms with Gasteiger partial charge in [-0.05, 0) is 25.7 Å². The molecule has 0 saturated carbocycles. The van der Waals surface area contributed by atoms with E-state index in [9.17, 15) is 0 Å². The van der Waals surface area contributed by atoms with Gasteiger partial charge in [-0.15, -0.1) is 11.3 Å². The van der Waals surface area contributed by atoms with Gasteiger partial charge in [-0.2, -0.15) is 0 Å². The number of nitrogens with zero attached hydrogens (tertiary/aromatic N) is 2. The zero-order chi connectivity index (χ0) is 14.5. The van der Waals surface area contributed by atoms with E-state index in [0.29, 0.717) is 12.0 Å². The molecule has 1 fully saturated rings. The van der Waals surface area contributed by atoms with E-state index in [0.717, 1.165) is 26.2 Å². The first-order chi connectivity index (χ1) is 9.60. The van der Waals surface area contributed by atoms with Crippen LogP contribution in [0.3, 0.4) is 0 Å². The number of ether oxygens (including phenoxy) is 1. The van der Waals surface area contributed by atoms with Crippen LogP contribution in [0.4, 0.5) is 5.13 Å². The van der Waals surface area contributed by atoms with Crippen molar-refractivity contribution in [1.29, 1.82) is 0 Å². The van der Waals surface area contributed by atoms with Crippen molar-refractivity contribution in [3.05, 3.63) is 10.6 Å². The lowest BCUT2D eigenvalue weighted by molar-refractivity contribution is 0.143. The Morgan fingerprint density at radius 3 is 3.00 bits per heavy atom. The summed E-state index contributed by atoms with van der Waals surface area (Å²) in [4.78, 5) is 8.57. The molecule has 1 aliphatic heterocycles. The molecule has 2 heterocycles. The summed E-state index contributed by atoms with van der Waals surface area (Å²) in [6.45, 7) is 10.5. The van der Waals surface area contributed by atoms with E-state index in [2.05, 4.69) is 31.0 Å². The lowest BCUT2D eigenvalue weighted by Gasteiger charge is -2.32. The number of piperidine rings is 1. The first-order valence-electron chi connectivity index (χ1n) is 7.53. The Labute approximate surface area is 126 Å². The van der Waals surface area contributed by atoms with Crippen molar-refractivity contribution < 1.29 is 4.74 Å². The van der Waals surface area contributed by atoms with Crippen molar-refractivity contribution >= 4 is 16.5 Å². The topological polar surface area (TPSA) is 37.4 Å². The largest absolute Gasteiger partial charge is 0.384 e. The average Bonchev–Trinajstić information content (AvgIpc) is 2.78. The van der Waals surface area contributed by atoms with Crippen LogP contribution in [0.15, 0.2) is 0 Å². The fraction of sp³-hybridized carbons (Fsp3) is 0.800. The number of methoxy groups -OCH3 is 1. The monoisotopic (exact) mass is 297 g/mol. The number of aryl methyl sites for hydroxylation is 1.